The zero-order valence-corrected chi connectivity index (χ0v) is 9.93. The van der Waals surface area contributed by atoms with Crippen molar-refractivity contribution in [1.29, 1.82) is 0 Å². The van der Waals surface area contributed by atoms with Gasteiger partial charge >= 0.3 is 0 Å². The molecule has 0 bridgehead atoms. The Morgan fingerprint density at radius 2 is 1.53 bits per heavy atom. The first-order chi connectivity index (χ1) is 7.35. The Balaban J connectivity index is 1.92. The van der Waals surface area contributed by atoms with E-state index >= 15 is 0 Å². The number of hydrogen-bond acceptors (Lipinski definition) is 2. The van der Waals surface area contributed by atoms with Gasteiger partial charge in [-0.1, -0.05) is 38.5 Å². The second-order valence-corrected chi connectivity index (χ2v) is 5.52. The fraction of sp³-hybridized carbons (Fsp3) is 1.00. The molecule has 2 nitrogen and oxygen atoms in total. The summed E-state index contributed by atoms with van der Waals surface area (Å²) in [6.45, 7) is 0.837. The minimum absolute atomic E-state index is 0.297. The number of hydrogen-bond donors (Lipinski definition) is 2. The minimum Gasteiger partial charge on any atom is -0.329 e. The van der Waals surface area contributed by atoms with Gasteiger partial charge in [0, 0.05) is 18.1 Å². The van der Waals surface area contributed by atoms with Gasteiger partial charge in [0.1, 0.15) is 0 Å². The van der Waals surface area contributed by atoms with Crippen LogP contribution in [0.15, 0.2) is 0 Å². The second kappa shape index (κ2) is 5.31. The predicted octanol–water partition coefficient (Wildman–Crippen LogP) is 2.57. The van der Waals surface area contributed by atoms with Gasteiger partial charge in [-0.25, -0.2) is 0 Å². The van der Waals surface area contributed by atoms with E-state index in [4.69, 9.17) is 5.73 Å². The molecule has 2 heteroatoms. The molecule has 0 aliphatic heterocycles. The van der Waals surface area contributed by atoms with Gasteiger partial charge in [-0.15, -0.1) is 0 Å². The fourth-order valence-corrected chi connectivity index (χ4v) is 3.32. The van der Waals surface area contributed by atoms with E-state index in [2.05, 4.69) is 5.32 Å². The van der Waals surface area contributed by atoms with Gasteiger partial charge in [-0.05, 0) is 25.7 Å². The Hall–Kier alpha value is -0.0800. The third-order valence-corrected chi connectivity index (χ3v) is 4.32. The fourth-order valence-electron chi connectivity index (χ4n) is 3.32. The Labute approximate surface area is 94.0 Å². The summed E-state index contributed by atoms with van der Waals surface area (Å²) in [7, 11) is 0. The van der Waals surface area contributed by atoms with Gasteiger partial charge in [0.15, 0.2) is 0 Å². The second-order valence-electron chi connectivity index (χ2n) is 5.52. The van der Waals surface area contributed by atoms with Crippen LogP contribution in [0.4, 0.5) is 0 Å². The average Bonchev–Trinajstić information content (AvgIpc) is 2.64. The van der Waals surface area contributed by atoms with Crippen molar-refractivity contribution >= 4 is 0 Å². The van der Waals surface area contributed by atoms with Gasteiger partial charge in [-0.3, -0.25) is 0 Å². The lowest BCUT2D eigenvalue weighted by atomic mass is 9.89. The largest absolute Gasteiger partial charge is 0.329 e. The van der Waals surface area contributed by atoms with Gasteiger partial charge in [0.05, 0.1) is 0 Å². The van der Waals surface area contributed by atoms with Crippen LogP contribution >= 0.6 is 0 Å². The van der Waals surface area contributed by atoms with Crippen LogP contribution < -0.4 is 11.1 Å². The molecule has 88 valence electrons. The topological polar surface area (TPSA) is 38.0 Å². The lowest BCUT2D eigenvalue weighted by Crippen LogP contribution is -2.54. The number of rotatable bonds is 3. The molecule has 2 rings (SSSR count). The summed E-state index contributed by atoms with van der Waals surface area (Å²) in [5.41, 5.74) is 6.32. The summed E-state index contributed by atoms with van der Waals surface area (Å²) in [5, 5.41) is 3.90. The van der Waals surface area contributed by atoms with E-state index in [1.165, 1.54) is 64.2 Å². The first kappa shape index (κ1) is 11.4. The Bertz CT molecular complexity index is 177. The summed E-state index contributed by atoms with van der Waals surface area (Å²) in [5.74, 6) is 0. The lowest BCUT2D eigenvalue weighted by Gasteiger charge is -2.36. The van der Waals surface area contributed by atoms with Crippen molar-refractivity contribution in [3.63, 3.8) is 0 Å². The summed E-state index contributed by atoms with van der Waals surface area (Å²) < 4.78 is 0. The van der Waals surface area contributed by atoms with Crippen molar-refractivity contribution < 1.29 is 0 Å². The minimum atomic E-state index is 0.297. The van der Waals surface area contributed by atoms with E-state index in [9.17, 15) is 0 Å². The van der Waals surface area contributed by atoms with Crippen molar-refractivity contribution in [2.45, 2.75) is 75.8 Å². The summed E-state index contributed by atoms with van der Waals surface area (Å²) in [4.78, 5) is 0. The maximum atomic E-state index is 6.02. The van der Waals surface area contributed by atoms with Crippen molar-refractivity contribution in [3.05, 3.63) is 0 Å². The van der Waals surface area contributed by atoms with Crippen molar-refractivity contribution in [2.24, 2.45) is 5.73 Å². The first-order valence-electron chi connectivity index (χ1n) is 6.82. The lowest BCUT2D eigenvalue weighted by molar-refractivity contribution is 0.258. The first-order valence-corrected chi connectivity index (χ1v) is 6.82. The van der Waals surface area contributed by atoms with E-state index in [0.717, 1.165) is 12.6 Å². The molecule has 0 atom stereocenters. The van der Waals surface area contributed by atoms with Crippen LogP contribution in [0.5, 0.6) is 0 Å². The monoisotopic (exact) mass is 210 g/mol. The highest BCUT2D eigenvalue weighted by Crippen LogP contribution is 2.29. The molecule has 2 aliphatic carbocycles. The number of nitrogens with two attached hydrogens (primary N) is 1. The predicted molar refractivity (Wildman–Crippen MR) is 64.9 cm³/mol. The van der Waals surface area contributed by atoms with Crippen molar-refractivity contribution in [2.75, 3.05) is 6.54 Å². The maximum absolute atomic E-state index is 6.02. The van der Waals surface area contributed by atoms with Gasteiger partial charge in [0.25, 0.3) is 0 Å². The molecule has 0 saturated heterocycles. The highest BCUT2D eigenvalue weighted by Gasteiger charge is 2.32. The van der Waals surface area contributed by atoms with E-state index in [0.29, 0.717) is 5.54 Å². The molecule has 0 amide bonds. The number of nitrogens with one attached hydrogen (secondary N) is 1. The Morgan fingerprint density at radius 3 is 2.07 bits per heavy atom. The van der Waals surface area contributed by atoms with Crippen LogP contribution in [0.25, 0.3) is 0 Å². The SMILES string of the molecule is NCC1(NC2CCCC2)CCCCCC1. The van der Waals surface area contributed by atoms with E-state index in [-0.39, 0.29) is 0 Å². The van der Waals surface area contributed by atoms with Crippen LogP contribution in [0.1, 0.15) is 64.2 Å². The van der Waals surface area contributed by atoms with Crippen LogP contribution in [-0.2, 0) is 0 Å². The van der Waals surface area contributed by atoms with Gasteiger partial charge in [-0.2, -0.15) is 0 Å². The van der Waals surface area contributed by atoms with Gasteiger partial charge < -0.3 is 11.1 Å². The van der Waals surface area contributed by atoms with Crippen LogP contribution in [0, 0.1) is 0 Å². The highest BCUT2D eigenvalue weighted by atomic mass is 15.0. The van der Waals surface area contributed by atoms with Crippen LogP contribution in [-0.4, -0.2) is 18.1 Å². The van der Waals surface area contributed by atoms with E-state index in [1.54, 1.807) is 0 Å². The molecule has 15 heavy (non-hydrogen) atoms. The molecule has 0 aromatic carbocycles. The Morgan fingerprint density at radius 1 is 0.933 bits per heavy atom. The molecular formula is C13H26N2. The molecule has 3 N–H and O–H groups in total. The van der Waals surface area contributed by atoms with Crippen LogP contribution in [0.2, 0.25) is 0 Å². The molecular weight excluding hydrogens is 184 g/mol. The molecule has 0 unspecified atom stereocenters. The molecule has 0 spiro atoms. The molecule has 2 aliphatic rings. The average molecular weight is 210 g/mol. The maximum Gasteiger partial charge on any atom is 0.0306 e. The molecule has 0 heterocycles. The zero-order chi connectivity index (χ0) is 10.6. The summed E-state index contributed by atoms with van der Waals surface area (Å²) >= 11 is 0. The smallest absolute Gasteiger partial charge is 0.0306 e. The molecule has 2 fully saturated rings. The van der Waals surface area contributed by atoms with Crippen molar-refractivity contribution in [3.8, 4) is 0 Å². The normalized spacial score (nSPS) is 27.8. The highest BCUT2D eigenvalue weighted by molar-refractivity contribution is 4.94. The van der Waals surface area contributed by atoms with Gasteiger partial charge in [0.2, 0.25) is 0 Å². The quantitative estimate of drug-likeness (QED) is 0.703. The summed E-state index contributed by atoms with van der Waals surface area (Å²) in [6, 6.07) is 0.770. The zero-order valence-electron chi connectivity index (χ0n) is 9.93. The third-order valence-electron chi connectivity index (χ3n) is 4.32. The van der Waals surface area contributed by atoms with Crippen LogP contribution in [0.3, 0.4) is 0 Å². The molecule has 0 radical (unpaired) electrons. The standard InChI is InChI=1S/C13H26N2/c14-11-13(9-5-1-2-6-10-13)15-12-7-3-4-8-12/h12,15H,1-11,14H2. The third kappa shape index (κ3) is 2.94. The Kier molecular flexibility index (Phi) is 4.04. The summed E-state index contributed by atoms with van der Waals surface area (Å²) in [6.07, 6.45) is 13.8. The molecule has 0 aromatic rings. The molecule has 0 aromatic heterocycles. The van der Waals surface area contributed by atoms with E-state index < -0.39 is 0 Å². The van der Waals surface area contributed by atoms with Crippen molar-refractivity contribution in [1.82, 2.24) is 5.32 Å². The van der Waals surface area contributed by atoms with E-state index in [1.807, 2.05) is 0 Å². The molecule has 2 saturated carbocycles.